The summed E-state index contributed by atoms with van der Waals surface area (Å²) in [5, 5.41) is 1.12. The number of carbonyl (C=O) groups excluding carboxylic acids is 1. The lowest BCUT2D eigenvalue weighted by atomic mass is 9.95. The molecule has 1 aliphatic carbocycles. The summed E-state index contributed by atoms with van der Waals surface area (Å²) in [5.41, 5.74) is 0. The molecule has 0 aliphatic heterocycles. The minimum absolute atomic E-state index is 0.172. The highest BCUT2D eigenvalue weighted by Gasteiger charge is 2.85. The number of nitrogens with one attached hydrogen (secondary N) is 1. The van der Waals surface area contributed by atoms with E-state index >= 15 is 0 Å². The van der Waals surface area contributed by atoms with Gasteiger partial charge in [0.1, 0.15) is 0 Å². The van der Waals surface area contributed by atoms with E-state index in [0.29, 0.717) is 6.42 Å². The Morgan fingerprint density at radius 2 is 1.03 bits per heavy atom. The number of rotatable bonds is 8. The van der Waals surface area contributed by atoms with Crippen LogP contribution in [0.1, 0.15) is 32.1 Å². The maximum absolute atomic E-state index is 14.4. The van der Waals surface area contributed by atoms with Crippen LogP contribution in [-0.2, 0) is 14.3 Å². The molecule has 1 saturated carbocycles. The molecule has 1 amide bonds. The zero-order valence-corrected chi connectivity index (χ0v) is 16.8. The molecule has 1 fully saturated rings. The van der Waals surface area contributed by atoms with Crippen molar-refractivity contribution in [1.29, 1.82) is 0 Å². The van der Waals surface area contributed by atoms with Crippen LogP contribution in [0.15, 0.2) is 0 Å². The monoisotopic (exact) mass is 577 g/mol. The molecule has 4 nitrogen and oxygen atoms in total. The van der Waals surface area contributed by atoms with E-state index in [9.17, 15) is 79.4 Å². The quantitative estimate of drug-likeness (QED) is 0.345. The van der Waals surface area contributed by atoms with Crippen molar-refractivity contribution < 1.29 is 88.9 Å². The molecule has 0 aromatic heterocycles. The minimum Gasteiger partial charge on any atom is -0.348 e. The van der Waals surface area contributed by atoms with Crippen LogP contribution in [0.25, 0.3) is 0 Å². The summed E-state index contributed by atoms with van der Waals surface area (Å²) in [7, 11) is 0. The summed E-state index contributed by atoms with van der Waals surface area (Å²) in [5.74, 6) is -25.9. The molecule has 0 unspecified atom stereocenters. The minimum atomic E-state index is -8.01. The van der Waals surface area contributed by atoms with Gasteiger partial charge in [0, 0.05) is 6.04 Å². The molecule has 214 valence electrons. The smallest absolute Gasteiger partial charge is 0.348 e. The first-order valence-electron chi connectivity index (χ1n) is 9.09. The van der Waals surface area contributed by atoms with Crippen molar-refractivity contribution in [2.75, 3.05) is 0 Å². The van der Waals surface area contributed by atoms with Gasteiger partial charge in [-0.25, -0.2) is 0 Å². The van der Waals surface area contributed by atoms with E-state index in [1.165, 1.54) is 4.74 Å². The summed E-state index contributed by atoms with van der Waals surface area (Å²) >= 11 is 0. The van der Waals surface area contributed by atoms with E-state index in [0.717, 1.165) is 5.32 Å². The van der Waals surface area contributed by atoms with Crippen molar-refractivity contribution in [3.05, 3.63) is 0 Å². The number of hydrogen-bond acceptors (Lipinski definition) is 3. The van der Waals surface area contributed by atoms with Crippen molar-refractivity contribution >= 4 is 5.91 Å². The molecule has 0 spiro atoms. The lowest BCUT2D eigenvalue weighted by molar-refractivity contribution is -0.548. The van der Waals surface area contributed by atoms with E-state index in [1.54, 1.807) is 0 Å². The summed E-state index contributed by atoms with van der Waals surface area (Å²) in [6.07, 6.45) is -38.0. The molecule has 21 heteroatoms. The molecular formula is C15H12F17NO3. The van der Waals surface area contributed by atoms with Gasteiger partial charge in [0.15, 0.2) is 0 Å². The fourth-order valence-corrected chi connectivity index (χ4v) is 2.69. The zero-order chi connectivity index (χ0) is 28.8. The largest absolute Gasteiger partial charge is 0.462 e. The highest BCUT2D eigenvalue weighted by molar-refractivity contribution is 5.84. The summed E-state index contributed by atoms with van der Waals surface area (Å²) < 4.78 is 225. The van der Waals surface area contributed by atoms with Crippen LogP contribution in [0, 0.1) is 0 Å². The summed E-state index contributed by atoms with van der Waals surface area (Å²) in [4.78, 5) is 11.7. The standard InChI is InChI=1S/C15H12F17NO3/c16-8(11(20,21)22,7(34)33-6-4-2-1-3-5-6)35-15(31,32)10(19,13(26,27)28)36-14(29,30)9(17,18)12(23,24)25/h6H,1-5H2,(H,33,34)/t8-,10+/m1/s1. The molecule has 1 aliphatic rings. The maximum Gasteiger partial charge on any atom is 0.462 e. The fraction of sp³-hybridized carbons (Fsp3) is 0.933. The Balaban J connectivity index is 3.52. The molecule has 0 saturated heterocycles. The highest BCUT2D eigenvalue weighted by Crippen LogP contribution is 2.56. The number of carbonyl (C=O) groups is 1. The number of amides is 1. The van der Waals surface area contributed by atoms with Gasteiger partial charge in [0.25, 0.3) is 5.91 Å². The van der Waals surface area contributed by atoms with Crippen LogP contribution < -0.4 is 5.32 Å². The molecular weight excluding hydrogens is 565 g/mol. The average Bonchev–Trinajstić information content (AvgIpc) is 2.65. The van der Waals surface area contributed by atoms with Gasteiger partial charge >= 0.3 is 48.4 Å². The van der Waals surface area contributed by atoms with Gasteiger partial charge in [0.2, 0.25) is 0 Å². The van der Waals surface area contributed by atoms with Gasteiger partial charge in [-0.2, -0.15) is 74.6 Å². The Morgan fingerprint density at radius 3 is 1.39 bits per heavy atom. The van der Waals surface area contributed by atoms with Gasteiger partial charge in [-0.05, 0) is 12.8 Å². The Hall–Kier alpha value is -1.80. The SMILES string of the molecule is O=C(NC1CCCCC1)[C@@](F)(OC(F)(F)[C@@](F)(OC(F)(F)C(F)(F)C(F)(F)F)C(F)(F)F)C(F)(F)F. The molecule has 0 aromatic rings. The first-order valence-corrected chi connectivity index (χ1v) is 9.09. The fourth-order valence-electron chi connectivity index (χ4n) is 2.69. The van der Waals surface area contributed by atoms with Crippen molar-refractivity contribution in [1.82, 2.24) is 5.32 Å². The van der Waals surface area contributed by atoms with Gasteiger partial charge < -0.3 is 5.32 Å². The molecule has 2 atom stereocenters. The molecule has 36 heavy (non-hydrogen) atoms. The van der Waals surface area contributed by atoms with Crippen LogP contribution in [0.5, 0.6) is 0 Å². The zero-order valence-electron chi connectivity index (χ0n) is 16.8. The predicted octanol–water partition coefficient (Wildman–Crippen LogP) is 6.31. The Bertz CT molecular complexity index is 786. The second-order valence-corrected chi connectivity index (χ2v) is 7.30. The van der Waals surface area contributed by atoms with Crippen LogP contribution in [0.3, 0.4) is 0 Å². The second-order valence-electron chi connectivity index (χ2n) is 7.30. The second kappa shape index (κ2) is 9.50. The molecule has 0 aromatic carbocycles. The van der Waals surface area contributed by atoms with E-state index in [1.807, 2.05) is 4.74 Å². The molecule has 0 bridgehead atoms. The van der Waals surface area contributed by atoms with Crippen molar-refractivity contribution in [2.24, 2.45) is 0 Å². The summed E-state index contributed by atoms with van der Waals surface area (Å²) in [6, 6.07) is -1.41. The number of alkyl halides is 17. The van der Waals surface area contributed by atoms with Gasteiger partial charge in [0.05, 0.1) is 0 Å². The first kappa shape index (κ1) is 32.2. The van der Waals surface area contributed by atoms with Crippen LogP contribution in [-0.4, -0.2) is 60.3 Å². The van der Waals surface area contributed by atoms with E-state index in [4.69, 9.17) is 0 Å². The van der Waals surface area contributed by atoms with E-state index < -0.39 is 60.3 Å². The van der Waals surface area contributed by atoms with Crippen LogP contribution in [0.2, 0.25) is 0 Å². The number of ether oxygens (including phenoxy) is 2. The first-order chi connectivity index (χ1) is 15.7. The molecule has 0 radical (unpaired) electrons. The van der Waals surface area contributed by atoms with Crippen LogP contribution >= 0.6 is 0 Å². The van der Waals surface area contributed by atoms with Crippen molar-refractivity contribution in [3.8, 4) is 0 Å². The van der Waals surface area contributed by atoms with E-state index in [2.05, 4.69) is 0 Å². The molecule has 1 rings (SSSR count). The van der Waals surface area contributed by atoms with Crippen molar-refractivity contribution in [3.63, 3.8) is 0 Å². The Morgan fingerprint density at radius 1 is 0.583 bits per heavy atom. The topological polar surface area (TPSA) is 47.6 Å². The Labute approximate surface area is 188 Å². The van der Waals surface area contributed by atoms with E-state index in [-0.39, 0.29) is 25.7 Å². The number of hydrogen-bond donors (Lipinski definition) is 1. The van der Waals surface area contributed by atoms with Gasteiger partial charge in [-0.3, -0.25) is 14.3 Å². The van der Waals surface area contributed by atoms with Gasteiger partial charge in [-0.15, -0.1) is 0 Å². The molecule has 0 heterocycles. The number of halogens is 17. The Kier molecular flexibility index (Phi) is 8.50. The third-order valence-corrected chi connectivity index (χ3v) is 4.60. The average molecular weight is 577 g/mol. The van der Waals surface area contributed by atoms with Crippen LogP contribution in [0.4, 0.5) is 74.6 Å². The highest BCUT2D eigenvalue weighted by atomic mass is 19.4. The lowest BCUT2D eigenvalue weighted by Crippen LogP contribution is -2.69. The lowest BCUT2D eigenvalue weighted by Gasteiger charge is -2.40. The summed E-state index contributed by atoms with van der Waals surface area (Å²) in [6.45, 7) is 0. The third kappa shape index (κ3) is 5.85. The maximum atomic E-state index is 14.4. The van der Waals surface area contributed by atoms with Crippen molar-refractivity contribution in [2.45, 2.75) is 86.5 Å². The normalized spacial score (nSPS) is 21.0. The third-order valence-electron chi connectivity index (χ3n) is 4.60. The predicted molar refractivity (Wildman–Crippen MR) is 77.9 cm³/mol. The van der Waals surface area contributed by atoms with Gasteiger partial charge in [-0.1, -0.05) is 19.3 Å². The molecule has 1 N–H and O–H groups in total.